The highest BCUT2D eigenvalue weighted by Crippen LogP contribution is 2.29. The molecule has 0 spiro atoms. The minimum absolute atomic E-state index is 0.109. The summed E-state index contributed by atoms with van der Waals surface area (Å²) in [4.78, 5) is 4.59. The summed E-state index contributed by atoms with van der Waals surface area (Å²) < 4.78 is 5.29. The number of amidine groups is 1. The minimum atomic E-state index is 0.109. The highest BCUT2D eigenvalue weighted by Gasteiger charge is 2.23. The predicted molar refractivity (Wildman–Crippen MR) is 82.9 cm³/mol. The second-order valence-corrected chi connectivity index (χ2v) is 5.48. The largest absolute Gasteiger partial charge is 0.497 e. The number of anilines is 1. The average Bonchev–Trinajstić information content (AvgIpc) is 2.46. The van der Waals surface area contributed by atoms with Crippen LogP contribution in [0.2, 0.25) is 0 Å². The molecule has 1 aliphatic heterocycles. The van der Waals surface area contributed by atoms with Crippen molar-refractivity contribution in [3.63, 3.8) is 0 Å². The molecule has 1 aromatic carbocycles. The van der Waals surface area contributed by atoms with Crippen molar-refractivity contribution in [1.29, 1.82) is 5.41 Å². The Labute approximate surface area is 120 Å². The van der Waals surface area contributed by atoms with Crippen molar-refractivity contribution < 1.29 is 4.74 Å². The van der Waals surface area contributed by atoms with Crippen LogP contribution in [-0.2, 0) is 0 Å². The third-order valence-corrected chi connectivity index (χ3v) is 4.03. The topological polar surface area (TPSA) is 65.6 Å². The van der Waals surface area contributed by atoms with Crippen LogP contribution in [0.15, 0.2) is 18.2 Å². The van der Waals surface area contributed by atoms with E-state index in [0.717, 1.165) is 42.9 Å². The van der Waals surface area contributed by atoms with Crippen molar-refractivity contribution in [2.24, 2.45) is 5.73 Å². The van der Waals surface area contributed by atoms with Crippen LogP contribution in [0.3, 0.4) is 0 Å². The van der Waals surface area contributed by atoms with E-state index in [2.05, 4.69) is 23.9 Å². The molecule has 5 nitrogen and oxygen atoms in total. The molecule has 2 rings (SSSR count). The van der Waals surface area contributed by atoms with Gasteiger partial charge >= 0.3 is 0 Å². The summed E-state index contributed by atoms with van der Waals surface area (Å²) in [6, 6.07) is 6.34. The van der Waals surface area contributed by atoms with Gasteiger partial charge in [0.2, 0.25) is 0 Å². The number of piperidine rings is 1. The normalized spacial score (nSPS) is 16.5. The summed E-state index contributed by atoms with van der Waals surface area (Å²) >= 11 is 0. The first kappa shape index (κ1) is 14.7. The number of nitrogens with two attached hydrogens (primary N) is 1. The van der Waals surface area contributed by atoms with E-state index in [0.29, 0.717) is 6.04 Å². The van der Waals surface area contributed by atoms with Crippen molar-refractivity contribution in [2.45, 2.75) is 18.9 Å². The van der Waals surface area contributed by atoms with E-state index < -0.39 is 0 Å². The van der Waals surface area contributed by atoms with Gasteiger partial charge in [0.25, 0.3) is 0 Å². The molecule has 0 unspecified atom stereocenters. The number of hydrogen-bond donors (Lipinski definition) is 2. The van der Waals surface area contributed by atoms with Gasteiger partial charge < -0.3 is 20.3 Å². The van der Waals surface area contributed by atoms with Gasteiger partial charge in [-0.25, -0.2) is 0 Å². The average molecular weight is 276 g/mol. The molecule has 0 atom stereocenters. The quantitative estimate of drug-likeness (QED) is 0.646. The lowest BCUT2D eigenvalue weighted by atomic mass is 10.0. The summed E-state index contributed by atoms with van der Waals surface area (Å²) in [5.74, 6) is 0.914. The first-order valence-corrected chi connectivity index (χ1v) is 6.96. The van der Waals surface area contributed by atoms with Crippen LogP contribution in [0, 0.1) is 5.41 Å². The van der Waals surface area contributed by atoms with Crippen LogP contribution in [0.25, 0.3) is 0 Å². The molecule has 0 saturated carbocycles. The Kier molecular flexibility index (Phi) is 4.49. The van der Waals surface area contributed by atoms with E-state index in [1.807, 2.05) is 18.2 Å². The summed E-state index contributed by atoms with van der Waals surface area (Å²) in [6.07, 6.45) is 2.25. The molecule has 0 amide bonds. The summed E-state index contributed by atoms with van der Waals surface area (Å²) in [5, 5.41) is 7.73. The highest BCUT2D eigenvalue weighted by molar-refractivity contribution is 6.00. The number of nitrogens with zero attached hydrogens (tertiary/aromatic N) is 2. The standard InChI is InChI=1S/C15H24N4O/c1-18(2)11-6-8-19(9-7-11)14-10-12(20-3)4-5-13(14)15(16)17/h4-5,10-11H,6-9H2,1-3H3,(H3,16,17). The van der Waals surface area contributed by atoms with Crippen molar-refractivity contribution in [3.05, 3.63) is 23.8 Å². The summed E-state index contributed by atoms with van der Waals surface area (Å²) in [7, 11) is 5.92. The number of nitrogen functional groups attached to an aromatic ring is 1. The molecule has 3 N–H and O–H groups in total. The molecule has 0 bridgehead atoms. The monoisotopic (exact) mass is 276 g/mol. The number of hydrogen-bond acceptors (Lipinski definition) is 4. The lowest BCUT2D eigenvalue weighted by Gasteiger charge is -2.37. The molecule has 110 valence electrons. The van der Waals surface area contributed by atoms with E-state index in [1.165, 1.54) is 0 Å². The molecule has 0 aliphatic carbocycles. The zero-order valence-electron chi connectivity index (χ0n) is 12.5. The van der Waals surface area contributed by atoms with Gasteiger partial charge in [0, 0.05) is 30.8 Å². The second-order valence-electron chi connectivity index (χ2n) is 5.48. The molecular weight excluding hydrogens is 252 g/mol. The Bertz CT molecular complexity index is 479. The van der Waals surface area contributed by atoms with Crippen molar-refractivity contribution in [2.75, 3.05) is 39.2 Å². The summed E-state index contributed by atoms with van der Waals surface area (Å²) in [6.45, 7) is 1.96. The van der Waals surface area contributed by atoms with Gasteiger partial charge in [0.05, 0.1) is 12.8 Å². The van der Waals surface area contributed by atoms with Crippen molar-refractivity contribution in [1.82, 2.24) is 4.90 Å². The number of ether oxygens (including phenoxy) is 1. The maximum Gasteiger partial charge on any atom is 0.124 e. The molecule has 5 heteroatoms. The molecule has 0 aromatic heterocycles. The van der Waals surface area contributed by atoms with Crippen LogP contribution in [0.4, 0.5) is 5.69 Å². The highest BCUT2D eigenvalue weighted by atomic mass is 16.5. The molecule has 1 aromatic rings. The number of rotatable bonds is 4. The molecular formula is C15H24N4O. The zero-order chi connectivity index (χ0) is 14.7. The molecule has 1 saturated heterocycles. The molecule has 20 heavy (non-hydrogen) atoms. The van der Waals surface area contributed by atoms with Gasteiger partial charge in [-0.3, -0.25) is 5.41 Å². The van der Waals surface area contributed by atoms with E-state index in [-0.39, 0.29) is 5.84 Å². The number of methoxy groups -OCH3 is 1. The minimum Gasteiger partial charge on any atom is -0.497 e. The van der Waals surface area contributed by atoms with E-state index >= 15 is 0 Å². The van der Waals surface area contributed by atoms with E-state index in [4.69, 9.17) is 15.9 Å². The van der Waals surface area contributed by atoms with Crippen LogP contribution in [-0.4, -0.2) is 51.1 Å². The van der Waals surface area contributed by atoms with Crippen LogP contribution < -0.4 is 15.4 Å². The van der Waals surface area contributed by atoms with E-state index in [1.54, 1.807) is 7.11 Å². The fraction of sp³-hybridized carbons (Fsp3) is 0.533. The second kappa shape index (κ2) is 6.13. The van der Waals surface area contributed by atoms with E-state index in [9.17, 15) is 0 Å². The Balaban J connectivity index is 2.21. The number of nitrogens with one attached hydrogen (secondary N) is 1. The van der Waals surface area contributed by atoms with Crippen molar-refractivity contribution >= 4 is 11.5 Å². The molecule has 1 fully saturated rings. The maximum atomic E-state index is 7.73. The van der Waals surface area contributed by atoms with Gasteiger partial charge in [0.15, 0.2) is 0 Å². The lowest BCUT2D eigenvalue weighted by Crippen LogP contribution is -2.42. The van der Waals surface area contributed by atoms with Crippen LogP contribution >= 0.6 is 0 Å². The maximum absolute atomic E-state index is 7.73. The fourth-order valence-corrected chi connectivity index (χ4v) is 2.75. The Morgan fingerprint density at radius 2 is 2.00 bits per heavy atom. The zero-order valence-corrected chi connectivity index (χ0v) is 12.5. The van der Waals surface area contributed by atoms with Gasteiger partial charge in [-0.05, 0) is 39.1 Å². The number of benzene rings is 1. The Hall–Kier alpha value is -1.75. The lowest BCUT2D eigenvalue weighted by molar-refractivity contribution is 0.249. The SMILES string of the molecule is COc1ccc(C(=N)N)c(N2CCC(N(C)C)CC2)c1. The van der Waals surface area contributed by atoms with Gasteiger partial charge in [-0.2, -0.15) is 0 Å². The van der Waals surface area contributed by atoms with Crippen LogP contribution in [0.5, 0.6) is 5.75 Å². The fourth-order valence-electron chi connectivity index (χ4n) is 2.75. The van der Waals surface area contributed by atoms with Gasteiger partial charge in [-0.15, -0.1) is 0 Å². The van der Waals surface area contributed by atoms with Crippen LogP contribution in [0.1, 0.15) is 18.4 Å². The predicted octanol–water partition coefficient (Wildman–Crippen LogP) is 1.51. The smallest absolute Gasteiger partial charge is 0.124 e. The third kappa shape index (κ3) is 3.04. The first-order valence-electron chi connectivity index (χ1n) is 6.96. The first-order chi connectivity index (χ1) is 9.52. The van der Waals surface area contributed by atoms with Gasteiger partial charge in [-0.1, -0.05) is 0 Å². The summed E-state index contributed by atoms with van der Waals surface area (Å²) in [5.41, 5.74) is 7.49. The molecule has 0 radical (unpaired) electrons. The Morgan fingerprint density at radius 1 is 1.35 bits per heavy atom. The third-order valence-electron chi connectivity index (χ3n) is 4.03. The molecule has 1 heterocycles. The Morgan fingerprint density at radius 3 is 2.50 bits per heavy atom. The molecule has 1 aliphatic rings. The van der Waals surface area contributed by atoms with Gasteiger partial charge in [0.1, 0.15) is 11.6 Å². The van der Waals surface area contributed by atoms with Crippen molar-refractivity contribution in [3.8, 4) is 5.75 Å².